The van der Waals surface area contributed by atoms with Gasteiger partial charge in [-0.15, -0.1) is 0 Å². The predicted molar refractivity (Wildman–Crippen MR) is 97.5 cm³/mol. The molecule has 0 radical (unpaired) electrons. The quantitative estimate of drug-likeness (QED) is 0.462. The number of hydrogen-bond donors (Lipinski definition) is 2. The van der Waals surface area contributed by atoms with Gasteiger partial charge in [0, 0.05) is 32.3 Å². The molecule has 3 atom stereocenters. The maximum Gasteiger partial charge on any atom is 0.412 e. The molecule has 10 heteroatoms. The van der Waals surface area contributed by atoms with E-state index in [2.05, 4.69) is 10.3 Å². The third kappa shape index (κ3) is 5.62. The van der Waals surface area contributed by atoms with Gasteiger partial charge in [0.25, 0.3) is 0 Å². The number of hydrogen-bond acceptors (Lipinski definition) is 7. The number of nitrogens with one attached hydrogen (secondary N) is 1. The number of ether oxygens (including phenoxy) is 3. The number of amides is 1. The van der Waals surface area contributed by atoms with Gasteiger partial charge in [-0.3, -0.25) is 9.88 Å². The molecule has 9 nitrogen and oxygen atoms in total. The van der Waals surface area contributed by atoms with E-state index in [1.54, 1.807) is 6.92 Å². The summed E-state index contributed by atoms with van der Waals surface area (Å²) in [5, 5.41) is 12.2. The van der Waals surface area contributed by atoms with Crippen molar-refractivity contribution in [3.63, 3.8) is 0 Å². The first-order valence-corrected chi connectivity index (χ1v) is 9.14. The third-order valence-electron chi connectivity index (χ3n) is 3.66. The summed E-state index contributed by atoms with van der Waals surface area (Å²) in [6.45, 7) is 4.98. The van der Waals surface area contributed by atoms with Gasteiger partial charge in [0.2, 0.25) is 0 Å². The second-order valence-corrected chi connectivity index (χ2v) is 6.70. The molecule has 2 rings (SSSR count). The highest BCUT2D eigenvalue weighted by Crippen LogP contribution is 2.28. The first kappa shape index (κ1) is 20.1. The van der Waals surface area contributed by atoms with Crippen LogP contribution in [0.15, 0.2) is 11.0 Å². The van der Waals surface area contributed by atoms with Gasteiger partial charge in [-0.2, -0.15) is 4.98 Å². The largest absolute Gasteiger partial charge is 0.449 e. The molecule has 1 aromatic rings. The van der Waals surface area contributed by atoms with Crippen LogP contribution in [0.3, 0.4) is 0 Å². The van der Waals surface area contributed by atoms with Crippen LogP contribution < -0.4 is 11.0 Å². The number of aromatic nitrogens is 2. The summed E-state index contributed by atoms with van der Waals surface area (Å²) in [4.78, 5) is 27.8. The summed E-state index contributed by atoms with van der Waals surface area (Å²) < 4.78 is 17.6. The Hall–Kier alpha value is -1.24. The highest BCUT2D eigenvalue weighted by Gasteiger charge is 2.32. The lowest BCUT2D eigenvalue weighted by molar-refractivity contribution is -0.0101. The Morgan fingerprint density at radius 2 is 2.32 bits per heavy atom. The summed E-state index contributed by atoms with van der Waals surface area (Å²) in [7, 11) is 0. The molecular weight excluding hydrogens is 445 g/mol. The van der Waals surface area contributed by atoms with E-state index in [9.17, 15) is 14.7 Å². The molecule has 1 saturated heterocycles. The van der Waals surface area contributed by atoms with E-state index in [0.717, 1.165) is 0 Å². The Morgan fingerprint density at radius 1 is 1.56 bits per heavy atom. The van der Waals surface area contributed by atoms with Gasteiger partial charge in [0.05, 0.1) is 22.4 Å². The number of carbonyl (C=O) groups is 1. The highest BCUT2D eigenvalue weighted by molar-refractivity contribution is 14.1. The Morgan fingerprint density at radius 3 is 2.96 bits per heavy atom. The number of aliphatic hydroxyl groups is 1. The monoisotopic (exact) mass is 467 g/mol. The van der Waals surface area contributed by atoms with Crippen LogP contribution in [0, 0.1) is 3.57 Å². The van der Waals surface area contributed by atoms with Gasteiger partial charge in [-0.05, 0) is 36.4 Å². The second-order valence-electron chi connectivity index (χ2n) is 5.54. The fraction of sp³-hybridized carbons (Fsp3) is 0.667. The van der Waals surface area contributed by atoms with Crippen molar-refractivity contribution in [1.29, 1.82) is 0 Å². The van der Waals surface area contributed by atoms with Crippen LogP contribution >= 0.6 is 22.6 Å². The Labute approximate surface area is 158 Å². The Kier molecular flexibility index (Phi) is 7.59. The summed E-state index contributed by atoms with van der Waals surface area (Å²) in [5.41, 5.74) is -0.571. The van der Waals surface area contributed by atoms with Gasteiger partial charge < -0.3 is 19.3 Å². The lowest BCUT2D eigenvalue weighted by Gasteiger charge is -2.15. The van der Waals surface area contributed by atoms with Gasteiger partial charge >= 0.3 is 11.8 Å². The van der Waals surface area contributed by atoms with Crippen LogP contribution in [0.2, 0.25) is 0 Å². The molecule has 2 heterocycles. The summed E-state index contributed by atoms with van der Waals surface area (Å²) in [6, 6.07) is 0. The molecule has 1 fully saturated rings. The van der Waals surface area contributed by atoms with Gasteiger partial charge in [-0.1, -0.05) is 0 Å². The van der Waals surface area contributed by atoms with E-state index in [0.29, 0.717) is 29.6 Å². The van der Waals surface area contributed by atoms with Crippen LogP contribution in [-0.4, -0.2) is 52.8 Å². The normalized spacial score (nSPS) is 22.8. The Balaban J connectivity index is 1.95. The number of aliphatic hydroxyl groups excluding tert-OH is 1. The first-order valence-electron chi connectivity index (χ1n) is 8.06. The zero-order valence-corrected chi connectivity index (χ0v) is 16.3. The van der Waals surface area contributed by atoms with E-state index >= 15 is 0 Å². The van der Waals surface area contributed by atoms with Crippen LogP contribution in [0.25, 0.3) is 0 Å². The van der Waals surface area contributed by atoms with Crippen LogP contribution in [-0.2, 0) is 14.2 Å². The second kappa shape index (κ2) is 9.46. The molecule has 1 aliphatic rings. The summed E-state index contributed by atoms with van der Waals surface area (Å²) in [5.74, 6) is 0.128. The molecule has 0 spiro atoms. The zero-order chi connectivity index (χ0) is 18.4. The van der Waals surface area contributed by atoms with Gasteiger partial charge in [0.1, 0.15) is 6.23 Å². The van der Waals surface area contributed by atoms with Crippen molar-refractivity contribution in [2.75, 3.05) is 25.1 Å². The minimum atomic E-state index is -0.680. The highest BCUT2D eigenvalue weighted by atomic mass is 127. The molecule has 2 N–H and O–H groups in total. The number of halogens is 1. The first-order chi connectivity index (χ1) is 11.9. The molecule has 140 valence electrons. The van der Waals surface area contributed by atoms with Gasteiger partial charge in [0.15, 0.2) is 5.82 Å². The number of rotatable bonds is 7. The molecule has 0 bridgehead atoms. The van der Waals surface area contributed by atoms with Crippen LogP contribution in [0.1, 0.15) is 32.9 Å². The Bertz CT molecular complexity index is 643. The van der Waals surface area contributed by atoms with Crippen LogP contribution in [0.5, 0.6) is 0 Å². The van der Waals surface area contributed by atoms with E-state index < -0.39 is 24.1 Å². The lowest BCUT2D eigenvalue weighted by Crippen LogP contribution is -2.29. The SMILES string of the molecule is CCOCCCOC(=O)Nc1nc(=O)n(C2CC(O)C(C)O2)cc1I. The molecule has 0 saturated carbocycles. The topological polar surface area (TPSA) is 112 Å². The van der Waals surface area contributed by atoms with Crippen molar-refractivity contribution >= 4 is 34.5 Å². The molecule has 0 aliphatic carbocycles. The van der Waals surface area contributed by atoms with Crippen LogP contribution in [0.4, 0.5) is 10.6 Å². The smallest absolute Gasteiger partial charge is 0.412 e. The van der Waals surface area contributed by atoms with E-state index in [4.69, 9.17) is 14.2 Å². The van der Waals surface area contributed by atoms with Crippen molar-refractivity contribution in [1.82, 2.24) is 9.55 Å². The zero-order valence-electron chi connectivity index (χ0n) is 14.1. The average molecular weight is 467 g/mol. The molecule has 1 aliphatic heterocycles. The molecule has 1 aromatic heterocycles. The minimum Gasteiger partial charge on any atom is -0.449 e. The van der Waals surface area contributed by atoms with E-state index in [-0.39, 0.29) is 18.5 Å². The molecular formula is C15H22IN3O6. The van der Waals surface area contributed by atoms with Gasteiger partial charge in [-0.25, -0.2) is 9.59 Å². The van der Waals surface area contributed by atoms with Crippen molar-refractivity contribution in [2.45, 2.75) is 45.1 Å². The predicted octanol–water partition coefficient (Wildman–Crippen LogP) is 1.49. The maximum absolute atomic E-state index is 12.2. The summed E-state index contributed by atoms with van der Waals surface area (Å²) >= 11 is 1.96. The number of carbonyl (C=O) groups excluding carboxylic acids is 1. The molecule has 0 aromatic carbocycles. The summed E-state index contributed by atoms with van der Waals surface area (Å²) in [6.07, 6.45) is 0.215. The minimum absolute atomic E-state index is 0.128. The lowest BCUT2D eigenvalue weighted by atomic mass is 10.2. The average Bonchev–Trinajstić information content (AvgIpc) is 2.89. The van der Waals surface area contributed by atoms with Crippen molar-refractivity contribution < 1.29 is 24.1 Å². The fourth-order valence-electron chi connectivity index (χ4n) is 2.31. The van der Waals surface area contributed by atoms with Crippen molar-refractivity contribution in [3.05, 3.63) is 20.3 Å². The van der Waals surface area contributed by atoms with E-state index in [1.807, 2.05) is 29.5 Å². The standard InChI is InChI=1S/C15H22IN3O6/c1-3-23-5-4-6-24-15(22)18-13-10(16)8-19(14(21)17-13)12-7-11(20)9(2)25-12/h8-9,11-12,20H,3-7H2,1-2H3,(H,17,18,21,22). The maximum atomic E-state index is 12.2. The number of anilines is 1. The van der Waals surface area contributed by atoms with E-state index in [1.165, 1.54) is 10.8 Å². The van der Waals surface area contributed by atoms with Crippen molar-refractivity contribution in [3.8, 4) is 0 Å². The van der Waals surface area contributed by atoms with Crippen molar-refractivity contribution in [2.24, 2.45) is 0 Å². The molecule has 1 amide bonds. The fourth-order valence-corrected chi connectivity index (χ4v) is 2.87. The number of nitrogens with zero attached hydrogens (tertiary/aromatic N) is 2. The third-order valence-corrected chi connectivity index (χ3v) is 4.45. The molecule has 3 unspecified atom stereocenters. The molecule has 25 heavy (non-hydrogen) atoms.